The Labute approximate surface area is 83.3 Å². The highest BCUT2D eigenvalue weighted by molar-refractivity contribution is 5.84. The molecule has 5 nitrogen and oxygen atoms in total. The van der Waals surface area contributed by atoms with Gasteiger partial charge in [0.1, 0.15) is 0 Å². The fraction of sp³-hybridized carbons (Fsp3) is 0.556. The van der Waals surface area contributed by atoms with Gasteiger partial charge in [-0.2, -0.15) is 0 Å². The Morgan fingerprint density at radius 1 is 1.64 bits per heavy atom. The number of carbonyl (C=O) groups excluding carboxylic acids is 1. The van der Waals surface area contributed by atoms with E-state index in [1.165, 1.54) is 0 Å². The van der Waals surface area contributed by atoms with Gasteiger partial charge in [-0.15, -0.1) is 0 Å². The van der Waals surface area contributed by atoms with E-state index in [0.29, 0.717) is 13.1 Å². The first kappa shape index (κ1) is 10.7. The average Bonchev–Trinajstić information content (AvgIpc) is 2.55. The molecule has 0 radical (unpaired) electrons. The third-order valence-corrected chi connectivity index (χ3v) is 1.80. The summed E-state index contributed by atoms with van der Waals surface area (Å²) in [6, 6.07) is 0. The first-order chi connectivity index (χ1) is 6.50. The van der Waals surface area contributed by atoms with E-state index in [2.05, 4.69) is 10.3 Å². The summed E-state index contributed by atoms with van der Waals surface area (Å²) in [7, 11) is 0. The second-order valence-corrected chi connectivity index (χ2v) is 3.78. The molecule has 0 aliphatic carbocycles. The number of hydrogen-bond acceptors (Lipinski definition) is 3. The van der Waals surface area contributed by atoms with Crippen LogP contribution in [0, 0.1) is 0 Å². The van der Waals surface area contributed by atoms with Crippen molar-refractivity contribution in [1.29, 1.82) is 0 Å². The highest BCUT2D eigenvalue weighted by Gasteiger charge is 2.20. The van der Waals surface area contributed by atoms with Crippen LogP contribution in [-0.2, 0) is 11.3 Å². The molecule has 14 heavy (non-hydrogen) atoms. The molecule has 0 bridgehead atoms. The first-order valence-electron chi connectivity index (χ1n) is 4.53. The summed E-state index contributed by atoms with van der Waals surface area (Å²) in [4.78, 5) is 15.2. The number of hydrogen-bond donors (Lipinski definition) is 2. The molecule has 0 unspecified atom stereocenters. The third kappa shape index (κ3) is 3.18. The third-order valence-electron chi connectivity index (χ3n) is 1.80. The van der Waals surface area contributed by atoms with Gasteiger partial charge in [0.2, 0.25) is 5.91 Å². The van der Waals surface area contributed by atoms with Gasteiger partial charge in [-0.25, -0.2) is 4.98 Å². The maximum absolute atomic E-state index is 11.3. The predicted molar refractivity (Wildman–Crippen MR) is 53.5 cm³/mol. The van der Waals surface area contributed by atoms with E-state index in [0.717, 1.165) is 0 Å². The standard InChI is InChI=1S/C9H16N4O/c1-9(2,10)8(14)12-4-6-13-5-3-11-7-13/h3,5,7H,4,6,10H2,1-2H3,(H,12,14). The minimum absolute atomic E-state index is 0.141. The summed E-state index contributed by atoms with van der Waals surface area (Å²) >= 11 is 0. The fourth-order valence-electron chi connectivity index (χ4n) is 0.945. The van der Waals surface area contributed by atoms with Crippen molar-refractivity contribution in [2.75, 3.05) is 6.54 Å². The molecule has 0 spiro atoms. The molecule has 0 saturated carbocycles. The van der Waals surface area contributed by atoms with Crippen LogP contribution in [0.1, 0.15) is 13.8 Å². The second-order valence-electron chi connectivity index (χ2n) is 3.78. The summed E-state index contributed by atoms with van der Waals surface area (Å²) in [5.74, 6) is -0.141. The van der Waals surface area contributed by atoms with Crippen LogP contribution in [0.15, 0.2) is 18.7 Å². The summed E-state index contributed by atoms with van der Waals surface area (Å²) in [5.41, 5.74) is 4.80. The monoisotopic (exact) mass is 196 g/mol. The van der Waals surface area contributed by atoms with Crippen molar-refractivity contribution >= 4 is 5.91 Å². The Bertz CT molecular complexity index is 286. The molecule has 78 valence electrons. The largest absolute Gasteiger partial charge is 0.353 e. The van der Waals surface area contributed by atoms with Crippen LogP contribution in [0.3, 0.4) is 0 Å². The Morgan fingerprint density at radius 2 is 2.36 bits per heavy atom. The Hall–Kier alpha value is -1.36. The van der Waals surface area contributed by atoms with E-state index in [-0.39, 0.29) is 5.91 Å². The van der Waals surface area contributed by atoms with E-state index in [9.17, 15) is 4.79 Å². The second kappa shape index (κ2) is 4.23. The zero-order valence-electron chi connectivity index (χ0n) is 8.53. The van der Waals surface area contributed by atoms with Crippen molar-refractivity contribution < 1.29 is 4.79 Å². The molecule has 1 aromatic rings. The minimum atomic E-state index is -0.811. The van der Waals surface area contributed by atoms with Crippen molar-refractivity contribution in [1.82, 2.24) is 14.9 Å². The molecular formula is C9H16N4O. The molecule has 0 fully saturated rings. The van der Waals surface area contributed by atoms with Gasteiger partial charge in [-0.05, 0) is 13.8 Å². The van der Waals surface area contributed by atoms with Gasteiger partial charge in [-0.1, -0.05) is 0 Å². The van der Waals surface area contributed by atoms with Gasteiger partial charge in [-0.3, -0.25) is 4.79 Å². The van der Waals surface area contributed by atoms with Crippen LogP contribution in [-0.4, -0.2) is 27.5 Å². The lowest BCUT2D eigenvalue weighted by atomic mass is 10.1. The summed E-state index contributed by atoms with van der Waals surface area (Å²) < 4.78 is 1.89. The van der Waals surface area contributed by atoms with Crippen LogP contribution >= 0.6 is 0 Å². The van der Waals surface area contributed by atoms with E-state index < -0.39 is 5.54 Å². The zero-order chi connectivity index (χ0) is 10.6. The van der Waals surface area contributed by atoms with Crippen LogP contribution in [0.2, 0.25) is 0 Å². The number of aromatic nitrogens is 2. The molecule has 1 heterocycles. The number of imidazole rings is 1. The lowest BCUT2D eigenvalue weighted by Crippen LogP contribution is -2.49. The summed E-state index contributed by atoms with van der Waals surface area (Å²) in [6.07, 6.45) is 5.26. The molecule has 0 aliphatic rings. The van der Waals surface area contributed by atoms with E-state index in [1.807, 2.05) is 10.8 Å². The van der Waals surface area contributed by atoms with Crippen LogP contribution < -0.4 is 11.1 Å². The van der Waals surface area contributed by atoms with Gasteiger partial charge in [0.05, 0.1) is 11.9 Å². The molecule has 0 saturated heterocycles. The molecule has 1 amide bonds. The maximum atomic E-state index is 11.3. The Balaban J connectivity index is 2.26. The van der Waals surface area contributed by atoms with Crippen LogP contribution in [0.5, 0.6) is 0 Å². The van der Waals surface area contributed by atoms with Gasteiger partial charge in [0, 0.05) is 25.5 Å². The molecule has 0 aromatic carbocycles. The Kier molecular flexibility index (Phi) is 3.24. The quantitative estimate of drug-likeness (QED) is 0.696. The summed E-state index contributed by atoms with van der Waals surface area (Å²) in [6.45, 7) is 4.64. The number of nitrogens with one attached hydrogen (secondary N) is 1. The highest BCUT2D eigenvalue weighted by Crippen LogP contribution is 1.95. The fourth-order valence-corrected chi connectivity index (χ4v) is 0.945. The Morgan fingerprint density at radius 3 is 2.86 bits per heavy atom. The van der Waals surface area contributed by atoms with Crippen LogP contribution in [0.25, 0.3) is 0 Å². The minimum Gasteiger partial charge on any atom is -0.353 e. The molecule has 1 rings (SSSR count). The van der Waals surface area contributed by atoms with Gasteiger partial charge < -0.3 is 15.6 Å². The lowest BCUT2D eigenvalue weighted by molar-refractivity contribution is -0.125. The maximum Gasteiger partial charge on any atom is 0.239 e. The SMILES string of the molecule is CC(C)(N)C(=O)NCCn1ccnc1. The van der Waals surface area contributed by atoms with E-state index in [4.69, 9.17) is 5.73 Å². The first-order valence-corrected chi connectivity index (χ1v) is 4.53. The molecule has 0 aliphatic heterocycles. The number of carbonyl (C=O) groups is 1. The van der Waals surface area contributed by atoms with E-state index >= 15 is 0 Å². The molecule has 0 atom stereocenters. The van der Waals surface area contributed by atoms with Crippen molar-refractivity contribution in [2.45, 2.75) is 25.9 Å². The van der Waals surface area contributed by atoms with Gasteiger partial charge in [0.15, 0.2) is 0 Å². The van der Waals surface area contributed by atoms with Gasteiger partial charge in [0.25, 0.3) is 0 Å². The smallest absolute Gasteiger partial charge is 0.239 e. The van der Waals surface area contributed by atoms with Crippen molar-refractivity contribution in [3.05, 3.63) is 18.7 Å². The molecule has 3 N–H and O–H groups in total. The number of nitrogens with two attached hydrogens (primary N) is 1. The number of amides is 1. The lowest BCUT2D eigenvalue weighted by Gasteiger charge is -2.17. The van der Waals surface area contributed by atoms with Crippen molar-refractivity contribution in [3.8, 4) is 0 Å². The normalized spacial score (nSPS) is 11.4. The molecule has 5 heteroatoms. The van der Waals surface area contributed by atoms with Crippen molar-refractivity contribution in [3.63, 3.8) is 0 Å². The molecular weight excluding hydrogens is 180 g/mol. The highest BCUT2D eigenvalue weighted by atomic mass is 16.2. The molecule has 1 aromatic heterocycles. The van der Waals surface area contributed by atoms with Crippen molar-refractivity contribution in [2.24, 2.45) is 5.73 Å². The topological polar surface area (TPSA) is 72.9 Å². The number of nitrogens with zero attached hydrogens (tertiary/aromatic N) is 2. The van der Waals surface area contributed by atoms with E-state index in [1.54, 1.807) is 26.4 Å². The summed E-state index contributed by atoms with van der Waals surface area (Å²) in [5, 5.41) is 2.75. The predicted octanol–water partition coefficient (Wildman–Crippen LogP) is -0.263. The number of rotatable bonds is 4. The zero-order valence-corrected chi connectivity index (χ0v) is 8.53. The van der Waals surface area contributed by atoms with Crippen LogP contribution in [0.4, 0.5) is 0 Å². The van der Waals surface area contributed by atoms with Gasteiger partial charge >= 0.3 is 0 Å². The average molecular weight is 196 g/mol.